The molecule has 19 heavy (non-hydrogen) atoms. The number of aliphatic carboxylic acids is 1. The summed E-state index contributed by atoms with van der Waals surface area (Å²) < 4.78 is 0. The lowest BCUT2D eigenvalue weighted by Gasteiger charge is -2.08. The molecule has 0 bridgehead atoms. The molecule has 0 spiro atoms. The maximum absolute atomic E-state index is 11.5. The second kappa shape index (κ2) is 7.56. The van der Waals surface area contributed by atoms with E-state index < -0.39 is 11.9 Å². The molecule has 0 aliphatic heterocycles. The zero-order valence-electron chi connectivity index (χ0n) is 11.5. The predicted molar refractivity (Wildman–Crippen MR) is 75.1 cm³/mol. The number of benzene rings is 1. The minimum Gasteiger partial charge on any atom is -0.481 e. The monoisotopic (exact) mass is 263 g/mol. The first-order chi connectivity index (χ1) is 9.02. The van der Waals surface area contributed by atoms with Crippen LogP contribution < -0.4 is 5.32 Å². The fourth-order valence-corrected chi connectivity index (χ4v) is 1.73. The molecule has 1 amide bonds. The molecule has 104 valence electrons. The summed E-state index contributed by atoms with van der Waals surface area (Å²) in [6.07, 6.45) is 2.92. The van der Waals surface area contributed by atoms with Gasteiger partial charge < -0.3 is 10.4 Å². The van der Waals surface area contributed by atoms with Gasteiger partial charge in [-0.2, -0.15) is 0 Å². The third-order valence-electron chi connectivity index (χ3n) is 2.96. The zero-order valence-corrected chi connectivity index (χ0v) is 11.5. The van der Waals surface area contributed by atoms with E-state index in [-0.39, 0.29) is 5.91 Å². The number of unbranched alkanes of at least 4 members (excludes halogenated alkanes) is 1. The standard InChI is InChI=1S/C15H21NO3/c1-3-4-5-14(17)16-13-8-6-12(7-9-13)10-11(2)15(18)19/h6-9,11H,3-5,10H2,1-2H3,(H,16,17)(H,18,19). The number of nitrogens with one attached hydrogen (secondary N) is 1. The molecule has 0 fully saturated rings. The third-order valence-corrected chi connectivity index (χ3v) is 2.96. The van der Waals surface area contributed by atoms with Crippen molar-refractivity contribution in [2.24, 2.45) is 5.92 Å². The summed E-state index contributed by atoms with van der Waals surface area (Å²) in [7, 11) is 0. The second-order valence-corrected chi connectivity index (χ2v) is 4.79. The Morgan fingerprint density at radius 3 is 2.42 bits per heavy atom. The summed E-state index contributed by atoms with van der Waals surface area (Å²) in [5.41, 5.74) is 1.72. The Morgan fingerprint density at radius 1 is 1.26 bits per heavy atom. The van der Waals surface area contributed by atoms with E-state index in [9.17, 15) is 9.59 Å². The van der Waals surface area contributed by atoms with Crippen LogP contribution in [-0.2, 0) is 16.0 Å². The van der Waals surface area contributed by atoms with E-state index in [1.807, 2.05) is 31.2 Å². The summed E-state index contributed by atoms with van der Waals surface area (Å²) in [5, 5.41) is 11.7. The molecule has 1 aromatic carbocycles. The van der Waals surface area contributed by atoms with Crippen LogP contribution in [-0.4, -0.2) is 17.0 Å². The van der Waals surface area contributed by atoms with E-state index in [1.165, 1.54) is 0 Å². The van der Waals surface area contributed by atoms with Crippen molar-refractivity contribution in [2.75, 3.05) is 5.32 Å². The maximum Gasteiger partial charge on any atom is 0.306 e. The normalized spacial score (nSPS) is 11.9. The number of carboxylic acids is 1. The molecular weight excluding hydrogens is 242 g/mol. The average Bonchev–Trinajstić information content (AvgIpc) is 2.38. The summed E-state index contributed by atoms with van der Waals surface area (Å²) in [4.78, 5) is 22.3. The van der Waals surface area contributed by atoms with Crippen LogP contribution in [0.4, 0.5) is 5.69 Å². The van der Waals surface area contributed by atoms with Crippen molar-refractivity contribution < 1.29 is 14.7 Å². The fourth-order valence-electron chi connectivity index (χ4n) is 1.73. The van der Waals surface area contributed by atoms with Crippen LogP contribution in [0.2, 0.25) is 0 Å². The smallest absolute Gasteiger partial charge is 0.306 e. The molecular formula is C15H21NO3. The SMILES string of the molecule is CCCCC(=O)Nc1ccc(CC(C)C(=O)O)cc1. The van der Waals surface area contributed by atoms with Gasteiger partial charge in [-0.15, -0.1) is 0 Å². The van der Waals surface area contributed by atoms with Crippen molar-refractivity contribution in [1.29, 1.82) is 0 Å². The quantitative estimate of drug-likeness (QED) is 0.794. The third kappa shape index (κ3) is 5.55. The van der Waals surface area contributed by atoms with E-state index in [0.717, 1.165) is 24.1 Å². The van der Waals surface area contributed by atoms with Gasteiger partial charge in [-0.25, -0.2) is 0 Å². The second-order valence-electron chi connectivity index (χ2n) is 4.79. The van der Waals surface area contributed by atoms with Gasteiger partial charge >= 0.3 is 5.97 Å². The highest BCUT2D eigenvalue weighted by Gasteiger charge is 2.11. The molecule has 4 nitrogen and oxygen atoms in total. The predicted octanol–water partition coefficient (Wildman–Crippen LogP) is 3.08. The van der Waals surface area contributed by atoms with E-state index in [0.29, 0.717) is 12.8 Å². The first-order valence-corrected chi connectivity index (χ1v) is 6.64. The Bertz CT molecular complexity index is 426. The number of hydrogen-bond acceptors (Lipinski definition) is 2. The van der Waals surface area contributed by atoms with Gasteiger partial charge in [0.1, 0.15) is 0 Å². The summed E-state index contributed by atoms with van der Waals surface area (Å²) in [6, 6.07) is 7.34. The highest BCUT2D eigenvalue weighted by Crippen LogP contribution is 2.14. The van der Waals surface area contributed by atoms with Crippen LogP contribution >= 0.6 is 0 Å². The van der Waals surface area contributed by atoms with Crippen molar-refractivity contribution in [1.82, 2.24) is 0 Å². The molecule has 0 aliphatic carbocycles. The summed E-state index contributed by atoms with van der Waals surface area (Å²) in [5.74, 6) is -1.17. The Kier molecular flexibility index (Phi) is 6.06. The molecule has 4 heteroatoms. The lowest BCUT2D eigenvalue weighted by molar-refractivity contribution is -0.141. The lowest BCUT2D eigenvalue weighted by Crippen LogP contribution is -2.13. The number of carbonyl (C=O) groups excluding carboxylic acids is 1. The maximum atomic E-state index is 11.5. The van der Waals surface area contributed by atoms with Crippen molar-refractivity contribution in [3.8, 4) is 0 Å². The minimum absolute atomic E-state index is 0.0218. The molecule has 0 aliphatic rings. The van der Waals surface area contributed by atoms with E-state index in [4.69, 9.17) is 5.11 Å². The molecule has 1 unspecified atom stereocenters. The Balaban J connectivity index is 2.52. The summed E-state index contributed by atoms with van der Waals surface area (Å²) in [6.45, 7) is 3.73. The van der Waals surface area contributed by atoms with Crippen molar-refractivity contribution in [3.05, 3.63) is 29.8 Å². The van der Waals surface area contributed by atoms with Gasteiger partial charge in [0.15, 0.2) is 0 Å². The molecule has 2 N–H and O–H groups in total. The number of hydrogen-bond donors (Lipinski definition) is 2. The van der Waals surface area contributed by atoms with Gasteiger partial charge in [-0.05, 0) is 30.5 Å². The molecule has 0 aromatic heterocycles. The van der Waals surface area contributed by atoms with Crippen LogP contribution in [0.1, 0.15) is 38.7 Å². The molecule has 0 saturated heterocycles. The van der Waals surface area contributed by atoms with Crippen molar-refractivity contribution in [2.45, 2.75) is 39.5 Å². The fraction of sp³-hybridized carbons (Fsp3) is 0.467. The van der Waals surface area contributed by atoms with Crippen LogP contribution in [0.3, 0.4) is 0 Å². The molecule has 0 radical (unpaired) electrons. The van der Waals surface area contributed by atoms with Crippen LogP contribution in [0, 0.1) is 5.92 Å². The lowest BCUT2D eigenvalue weighted by atomic mass is 10.0. The van der Waals surface area contributed by atoms with Gasteiger partial charge in [0, 0.05) is 12.1 Å². The van der Waals surface area contributed by atoms with Crippen LogP contribution in [0.25, 0.3) is 0 Å². The molecule has 1 atom stereocenters. The molecule has 1 aromatic rings. The van der Waals surface area contributed by atoms with Gasteiger partial charge in [-0.3, -0.25) is 9.59 Å². The van der Waals surface area contributed by atoms with E-state index in [2.05, 4.69) is 5.32 Å². The Hall–Kier alpha value is -1.84. The largest absolute Gasteiger partial charge is 0.481 e. The topological polar surface area (TPSA) is 66.4 Å². The Labute approximate surface area is 113 Å². The minimum atomic E-state index is -0.794. The highest BCUT2D eigenvalue weighted by molar-refractivity contribution is 5.90. The summed E-state index contributed by atoms with van der Waals surface area (Å²) >= 11 is 0. The molecule has 0 saturated carbocycles. The Morgan fingerprint density at radius 2 is 1.89 bits per heavy atom. The first-order valence-electron chi connectivity index (χ1n) is 6.64. The number of carbonyl (C=O) groups is 2. The van der Waals surface area contributed by atoms with Crippen molar-refractivity contribution >= 4 is 17.6 Å². The van der Waals surface area contributed by atoms with Gasteiger partial charge in [-0.1, -0.05) is 32.4 Å². The molecule has 0 heterocycles. The highest BCUT2D eigenvalue weighted by atomic mass is 16.4. The van der Waals surface area contributed by atoms with Crippen LogP contribution in [0.5, 0.6) is 0 Å². The average molecular weight is 263 g/mol. The number of carboxylic acid groups (broad SMARTS) is 1. The van der Waals surface area contributed by atoms with Gasteiger partial charge in [0.05, 0.1) is 5.92 Å². The van der Waals surface area contributed by atoms with Crippen LogP contribution in [0.15, 0.2) is 24.3 Å². The van der Waals surface area contributed by atoms with Crippen molar-refractivity contribution in [3.63, 3.8) is 0 Å². The molecule has 1 rings (SSSR count). The number of amides is 1. The van der Waals surface area contributed by atoms with Gasteiger partial charge in [0.25, 0.3) is 0 Å². The van der Waals surface area contributed by atoms with E-state index in [1.54, 1.807) is 6.92 Å². The van der Waals surface area contributed by atoms with Gasteiger partial charge in [0.2, 0.25) is 5.91 Å². The zero-order chi connectivity index (χ0) is 14.3. The first kappa shape index (κ1) is 15.2. The number of anilines is 1. The van der Waals surface area contributed by atoms with E-state index >= 15 is 0 Å². The number of rotatable bonds is 7.